The minimum Gasteiger partial charge on any atom is -0.411 e. The lowest BCUT2D eigenvalue weighted by atomic mass is 10.1. The highest BCUT2D eigenvalue weighted by Crippen LogP contribution is 2.27. The molecule has 0 saturated carbocycles. The molecule has 11 nitrogen and oxygen atoms in total. The molecule has 0 unspecified atom stereocenters. The number of sulfone groups is 1. The first kappa shape index (κ1) is 23.4. The number of hydrogen-bond donors (Lipinski definition) is 1. The van der Waals surface area contributed by atoms with Crippen molar-refractivity contribution < 1.29 is 23.5 Å². The predicted molar refractivity (Wildman–Crippen MR) is 119 cm³/mol. The van der Waals surface area contributed by atoms with Gasteiger partial charge in [-0.2, -0.15) is 5.10 Å². The molecule has 0 fully saturated rings. The second kappa shape index (κ2) is 9.92. The maximum atomic E-state index is 11.8. The summed E-state index contributed by atoms with van der Waals surface area (Å²) in [5, 5.41) is 26.7. The van der Waals surface area contributed by atoms with Crippen molar-refractivity contribution in [1.29, 1.82) is 0 Å². The molecule has 1 heterocycles. The van der Waals surface area contributed by atoms with Gasteiger partial charge in [-0.25, -0.2) is 17.9 Å². The standard InChI is InChI=1S/C21H19N5O6S/c1-22-16-7-9-17(10-8-16)25-21(15-5-11-18(12-6-15)33(2,30)31)14-20(23-25)19(24-27)4-3-13-32-26(28)29/h5-12,14,27H,3-4,13H2,2H3. The van der Waals surface area contributed by atoms with Gasteiger partial charge in [0.25, 0.3) is 5.09 Å². The smallest absolute Gasteiger partial charge is 0.294 e. The third-order valence-electron chi connectivity index (χ3n) is 4.68. The molecule has 0 aliphatic heterocycles. The molecule has 1 N–H and O–H groups in total. The summed E-state index contributed by atoms with van der Waals surface area (Å²) in [5.74, 6) is 0. The molecule has 0 radical (unpaired) electrons. The van der Waals surface area contributed by atoms with E-state index in [9.17, 15) is 23.7 Å². The van der Waals surface area contributed by atoms with Gasteiger partial charge in [0, 0.05) is 11.8 Å². The molecule has 0 spiro atoms. The largest absolute Gasteiger partial charge is 0.411 e. The maximum Gasteiger partial charge on any atom is 0.294 e. The van der Waals surface area contributed by atoms with Gasteiger partial charge in [0.2, 0.25) is 0 Å². The second-order valence-corrected chi connectivity index (χ2v) is 8.97. The quantitative estimate of drug-likeness (QED) is 0.126. The van der Waals surface area contributed by atoms with Crippen molar-refractivity contribution in [1.82, 2.24) is 9.78 Å². The zero-order valence-corrected chi connectivity index (χ0v) is 18.3. The van der Waals surface area contributed by atoms with Gasteiger partial charge in [-0.1, -0.05) is 29.4 Å². The van der Waals surface area contributed by atoms with Crippen LogP contribution in [0.25, 0.3) is 21.8 Å². The monoisotopic (exact) mass is 469 g/mol. The molecule has 0 atom stereocenters. The molecule has 3 aromatic rings. The lowest BCUT2D eigenvalue weighted by Crippen LogP contribution is -2.08. The first-order valence-electron chi connectivity index (χ1n) is 9.60. The van der Waals surface area contributed by atoms with E-state index < -0.39 is 14.9 Å². The summed E-state index contributed by atoms with van der Waals surface area (Å²) in [6.07, 6.45) is 1.52. The fourth-order valence-corrected chi connectivity index (χ4v) is 3.70. The molecule has 33 heavy (non-hydrogen) atoms. The van der Waals surface area contributed by atoms with Crippen molar-refractivity contribution >= 4 is 21.2 Å². The van der Waals surface area contributed by atoms with Gasteiger partial charge < -0.3 is 10.0 Å². The van der Waals surface area contributed by atoms with Gasteiger partial charge in [-0.3, -0.25) is 0 Å². The highest BCUT2D eigenvalue weighted by atomic mass is 32.2. The Morgan fingerprint density at radius 3 is 2.45 bits per heavy atom. The SMILES string of the molecule is [C-]#[N+]c1ccc(-n2nc(C(CCCO[N+](=O)[O-])=NO)cc2-c2ccc(S(C)(=O)=O)cc2)cc1. The van der Waals surface area contributed by atoms with E-state index >= 15 is 0 Å². The molecule has 0 aliphatic carbocycles. The molecule has 0 amide bonds. The summed E-state index contributed by atoms with van der Waals surface area (Å²) in [4.78, 5) is 18.1. The van der Waals surface area contributed by atoms with Crippen molar-refractivity contribution in [3.63, 3.8) is 0 Å². The number of hydrogen-bond acceptors (Lipinski definition) is 8. The first-order chi connectivity index (χ1) is 15.7. The Kier molecular flexibility index (Phi) is 7.04. The van der Waals surface area contributed by atoms with Crippen LogP contribution in [0.1, 0.15) is 18.5 Å². The van der Waals surface area contributed by atoms with E-state index in [0.717, 1.165) is 6.26 Å². The van der Waals surface area contributed by atoms with Crippen LogP contribution in [0, 0.1) is 16.7 Å². The van der Waals surface area contributed by atoms with Crippen molar-refractivity contribution in [2.75, 3.05) is 12.9 Å². The molecule has 3 rings (SSSR count). The lowest BCUT2D eigenvalue weighted by Gasteiger charge is -2.08. The Morgan fingerprint density at radius 1 is 1.24 bits per heavy atom. The van der Waals surface area contributed by atoms with Crippen LogP contribution in [0.5, 0.6) is 0 Å². The zero-order valence-electron chi connectivity index (χ0n) is 17.5. The Hall–Kier alpha value is -4.24. The summed E-state index contributed by atoms with van der Waals surface area (Å²) >= 11 is 0. The second-order valence-electron chi connectivity index (χ2n) is 6.96. The minimum atomic E-state index is -3.37. The van der Waals surface area contributed by atoms with Gasteiger partial charge in [0.1, 0.15) is 11.4 Å². The van der Waals surface area contributed by atoms with E-state index in [1.807, 2.05) is 0 Å². The number of oxime groups is 1. The summed E-state index contributed by atoms with van der Waals surface area (Å²) in [6.45, 7) is 6.95. The summed E-state index contributed by atoms with van der Waals surface area (Å²) in [5.41, 5.74) is 2.86. The van der Waals surface area contributed by atoms with Crippen LogP contribution in [0.2, 0.25) is 0 Å². The fraction of sp³-hybridized carbons (Fsp3) is 0.190. The highest BCUT2D eigenvalue weighted by molar-refractivity contribution is 7.90. The number of nitrogens with zero attached hydrogens (tertiary/aromatic N) is 5. The summed E-state index contributed by atoms with van der Waals surface area (Å²) in [6, 6.07) is 14.6. The molecule has 0 bridgehead atoms. The number of benzene rings is 2. The fourth-order valence-electron chi connectivity index (χ4n) is 3.07. The maximum absolute atomic E-state index is 11.8. The van der Waals surface area contributed by atoms with Crippen LogP contribution in [-0.2, 0) is 14.7 Å². The first-order valence-corrected chi connectivity index (χ1v) is 11.5. The molecule has 0 saturated heterocycles. The van der Waals surface area contributed by atoms with Crippen molar-refractivity contribution in [3.05, 3.63) is 81.8 Å². The molecular weight excluding hydrogens is 450 g/mol. The van der Waals surface area contributed by atoms with Gasteiger partial charge in [-0.15, -0.1) is 10.1 Å². The molecule has 0 aliphatic rings. The van der Waals surface area contributed by atoms with Crippen LogP contribution in [0.4, 0.5) is 5.69 Å². The highest BCUT2D eigenvalue weighted by Gasteiger charge is 2.17. The van der Waals surface area contributed by atoms with Crippen LogP contribution in [-0.4, -0.2) is 47.1 Å². The molecule has 2 aromatic carbocycles. The average molecular weight is 469 g/mol. The normalized spacial score (nSPS) is 11.7. The summed E-state index contributed by atoms with van der Waals surface area (Å²) in [7, 11) is -3.37. The minimum absolute atomic E-state index is 0.162. The van der Waals surface area contributed by atoms with Crippen LogP contribution in [0.15, 0.2) is 64.6 Å². The van der Waals surface area contributed by atoms with Crippen LogP contribution >= 0.6 is 0 Å². The van der Waals surface area contributed by atoms with Gasteiger partial charge >= 0.3 is 0 Å². The summed E-state index contributed by atoms with van der Waals surface area (Å²) < 4.78 is 25.2. The lowest BCUT2D eigenvalue weighted by molar-refractivity contribution is -0.757. The van der Waals surface area contributed by atoms with E-state index in [-0.39, 0.29) is 30.1 Å². The Balaban J connectivity index is 2.02. The van der Waals surface area contributed by atoms with E-state index in [0.29, 0.717) is 28.3 Å². The van der Waals surface area contributed by atoms with Crippen LogP contribution in [0.3, 0.4) is 0 Å². The number of rotatable bonds is 9. The van der Waals surface area contributed by atoms with E-state index in [4.69, 9.17) is 6.57 Å². The van der Waals surface area contributed by atoms with Gasteiger partial charge in [-0.05, 0) is 43.2 Å². The Labute approximate surface area is 189 Å². The average Bonchev–Trinajstić information content (AvgIpc) is 3.23. The van der Waals surface area contributed by atoms with Crippen molar-refractivity contribution in [2.24, 2.45) is 5.16 Å². The Morgan fingerprint density at radius 2 is 1.91 bits per heavy atom. The van der Waals surface area contributed by atoms with Crippen molar-refractivity contribution in [2.45, 2.75) is 17.7 Å². The van der Waals surface area contributed by atoms with Gasteiger partial charge in [0.15, 0.2) is 15.5 Å². The molecular formula is C21H19N5O6S. The Bertz CT molecular complexity index is 1320. The molecule has 170 valence electrons. The van der Waals surface area contributed by atoms with Crippen molar-refractivity contribution in [3.8, 4) is 16.9 Å². The third kappa shape index (κ3) is 5.72. The number of aromatic nitrogens is 2. The third-order valence-corrected chi connectivity index (χ3v) is 5.81. The van der Waals surface area contributed by atoms with E-state index in [1.54, 1.807) is 47.1 Å². The topological polar surface area (TPSA) is 141 Å². The zero-order chi connectivity index (χ0) is 24.0. The predicted octanol–water partition coefficient (Wildman–Crippen LogP) is 3.66. The molecule has 12 heteroatoms. The van der Waals surface area contributed by atoms with E-state index in [2.05, 4.69) is 19.9 Å². The van der Waals surface area contributed by atoms with Gasteiger partial charge in [0.05, 0.1) is 29.5 Å². The van der Waals surface area contributed by atoms with E-state index in [1.165, 1.54) is 12.1 Å². The molecule has 1 aromatic heterocycles. The van der Waals surface area contributed by atoms with Crippen LogP contribution < -0.4 is 0 Å².